The van der Waals surface area contributed by atoms with E-state index in [2.05, 4.69) is 17.0 Å². The van der Waals surface area contributed by atoms with Crippen LogP contribution in [0, 0.1) is 20.8 Å². The quantitative estimate of drug-likeness (QED) is 0.670. The zero-order valence-corrected chi connectivity index (χ0v) is 11.9. The van der Waals surface area contributed by atoms with Crippen molar-refractivity contribution in [2.45, 2.75) is 20.8 Å². The number of aryl methyl sites for hydroxylation is 3. The third-order valence-corrected chi connectivity index (χ3v) is 3.43. The van der Waals surface area contributed by atoms with Gasteiger partial charge in [-0.3, -0.25) is 0 Å². The van der Waals surface area contributed by atoms with Crippen LogP contribution < -0.4 is 0 Å². The molecule has 1 aromatic carbocycles. The Kier molecular flexibility index (Phi) is 2.79. The van der Waals surface area contributed by atoms with Crippen LogP contribution in [0.15, 0.2) is 30.3 Å². The Bertz CT molecular complexity index is 774. The fourth-order valence-electron chi connectivity index (χ4n) is 2.32. The van der Waals surface area contributed by atoms with Gasteiger partial charge in [-0.25, -0.2) is 9.67 Å². The summed E-state index contributed by atoms with van der Waals surface area (Å²) >= 11 is 6.03. The van der Waals surface area contributed by atoms with E-state index in [1.54, 1.807) is 0 Å². The molecule has 0 fully saturated rings. The topological polar surface area (TPSA) is 30.7 Å². The monoisotopic (exact) mass is 271 g/mol. The van der Waals surface area contributed by atoms with Crippen molar-refractivity contribution in [1.82, 2.24) is 14.8 Å². The van der Waals surface area contributed by atoms with Crippen LogP contribution in [0.2, 0.25) is 5.02 Å². The van der Waals surface area contributed by atoms with Gasteiger partial charge in [0.2, 0.25) is 0 Å². The van der Waals surface area contributed by atoms with Gasteiger partial charge < -0.3 is 0 Å². The number of rotatable bonds is 1. The van der Waals surface area contributed by atoms with Gasteiger partial charge >= 0.3 is 0 Å². The van der Waals surface area contributed by atoms with Gasteiger partial charge in [0.25, 0.3) is 0 Å². The number of hydrogen-bond donors (Lipinski definition) is 0. The number of nitrogens with zero attached hydrogens (tertiary/aromatic N) is 3. The third-order valence-electron chi connectivity index (χ3n) is 3.19. The van der Waals surface area contributed by atoms with E-state index in [9.17, 15) is 0 Å². The second kappa shape index (κ2) is 4.35. The van der Waals surface area contributed by atoms with Crippen molar-refractivity contribution in [2.75, 3.05) is 0 Å². The van der Waals surface area contributed by atoms with Crippen molar-refractivity contribution in [3.05, 3.63) is 52.3 Å². The molecule has 2 aromatic heterocycles. The van der Waals surface area contributed by atoms with E-state index in [1.165, 1.54) is 0 Å². The summed E-state index contributed by atoms with van der Waals surface area (Å²) in [5, 5.41) is 6.29. The first-order chi connectivity index (χ1) is 9.04. The van der Waals surface area contributed by atoms with Crippen molar-refractivity contribution in [1.29, 1.82) is 0 Å². The molecule has 3 rings (SSSR count). The fourth-order valence-corrected chi connectivity index (χ4v) is 2.49. The molecule has 4 heteroatoms. The van der Waals surface area contributed by atoms with Crippen LogP contribution >= 0.6 is 11.6 Å². The molecule has 3 aromatic rings. The van der Waals surface area contributed by atoms with Crippen molar-refractivity contribution in [3.63, 3.8) is 0 Å². The molecule has 0 saturated carbocycles. The first-order valence-corrected chi connectivity index (χ1v) is 6.53. The summed E-state index contributed by atoms with van der Waals surface area (Å²) in [4.78, 5) is 4.66. The van der Waals surface area contributed by atoms with Crippen molar-refractivity contribution >= 4 is 22.5 Å². The smallest absolute Gasteiger partial charge is 0.154 e. The Labute approximate surface area is 116 Å². The summed E-state index contributed by atoms with van der Waals surface area (Å²) in [7, 11) is 0. The molecular weight excluding hydrogens is 258 g/mol. The molecule has 0 bridgehead atoms. The maximum absolute atomic E-state index is 6.03. The van der Waals surface area contributed by atoms with Gasteiger partial charge in [0.15, 0.2) is 5.82 Å². The lowest BCUT2D eigenvalue weighted by molar-refractivity contribution is 0.809. The highest BCUT2D eigenvalue weighted by molar-refractivity contribution is 6.31. The number of benzene rings is 1. The Morgan fingerprint density at radius 2 is 1.84 bits per heavy atom. The summed E-state index contributed by atoms with van der Waals surface area (Å²) in [5.41, 5.74) is 4.16. The van der Waals surface area contributed by atoms with Crippen LogP contribution in [0.3, 0.4) is 0 Å². The molecule has 0 N–H and O–H groups in total. The minimum absolute atomic E-state index is 0.733. The van der Waals surface area contributed by atoms with Crippen LogP contribution in [-0.2, 0) is 0 Å². The third kappa shape index (κ3) is 2.10. The normalized spacial score (nSPS) is 11.2. The molecule has 0 aliphatic rings. The number of aromatic nitrogens is 3. The second-order valence-electron chi connectivity index (χ2n) is 4.80. The first kappa shape index (κ1) is 12.2. The van der Waals surface area contributed by atoms with Gasteiger partial charge in [-0.2, -0.15) is 5.10 Å². The van der Waals surface area contributed by atoms with Crippen LogP contribution in [0.4, 0.5) is 0 Å². The molecule has 0 aliphatic carbocycles. The number of fused-ring (bicyclic) bond motifs is 1. The van der Waals surface area contributed by atoms with E-state index in [-0.39, 0.29) is 0 Å². The summed E-state index contributed by atoms with van der Waals surface area (Å²) < 4.78 is 1.87. The molecular formula is C15H14ClN3. The lowest BCUT2D eigenvalue weighted by Crippen LogP contribution is -2.03. The highest BCUT2D eigenvalue weighted by Gasteiger charge is 2.08. The van der Waals surface area contributed by atoms with E-state index >= 15 is 0 Å². The van der Waals surface area contributed by atoms with Gasteiger partial charge in [0, 0.05) is 16.1 Å². The Morgan fingerprint density at radius 1 is 1.05 bits per heavy atom. The summed E-state index contributed by atoms with van der Waals surface area (Å²) in [5.74, 6) is 0.845. The van der Waals surface area contributed by atoms with Crippen molar-refractivity contribution in [3.8, 4) is 5.82 Å². The highest BCUT2D eigenvalue weighted by atomic mass is 35.5. The van der Waals surface area contributed by atoms with Crippen molar-refractivity contribution in [2.24, 2.45) is 0 Å². The average Bonchev–Trinajstić information content (AvgIpc) is 2.69. The zero-order valence-electron chi connectivity index (χ0n) is 11.1. The van der Waals surface area contributed by atoms with E-state index in [0.717, 1.165) is 38.7 Å². The van der Waals surface area contributed by atoms with E-state index < -0.39 is 0 Å². The van der Waals surface area contributed by atoms with Crippen LogP contribution in [0.1, 0.15) is 17.0 Å². The largest absolute Gasteiger partial charge is 0.229 e. The Hall–Kier alpha value is -1.87. The number of pyridine rings is 1. The SMILES string of the molecule is Cc1cc(C)n(-c2cc(C)c3cc(Cl)ccc3n2)n1. The number of halogens is 1. The molecule has 0 amide bonds. The number of hydrogen-bond acceptors (Lipinski definition) is 2. The molecule has 96 valence electrons. The van der Waals surface area contributed by atoms with Gasteiger partial charge in [-0.1, -0.05) is 11.6 Å². The van der Waals surface area contributed by atoms with Gasteiger partial charge in [-0.05, 0) is 56.7 Å². The van der Waals surface area contributed by atoms with E-state index in [1.807, 2.05) is 48.9 Å². The molecule has 0 saturated heterocycles. The van der Waals surface area contributed by atoms with Gasteiger partial charge in [0.05, 0.1) is 11.2 Å². The predicted octanol–water partition coefficient (Wildman–Crippen LogP) is 4.00. The van der Waals surface area contributed by atoms with Crippen LogP contribution in [-0.4, -0.2) is 14.8 Å². The fraction of sp³-hybridized carbons (Fsp3) is 0.200. The highest BCUT2D eigenvalue weighted by Crippen LogP contribution is 2.23. The first-order valence-electron chi connectivity index (χ1n) is 6.15. The Morgan fingerprint density at radius 3 is 2.53 bits per heavy atom. The summed E-state index contributed by atoms with van der Waals surface area (Å²) in [6.45, 7) is 6.08. The lowest BCUT2D eigenvalue weighted by atomic mass is 10.1. The summed E-state index contributed by atoms with van der Waals surface area (Å²) in [6, 6.07) is 9.84. The molecule has 0 aliphatic heterocycles. The Balaban J connectivity index is 2.26. The van der Waals surface area contributed by atoms with Gasteiger partial charge in [-0.15, -0.1) is 0 Å². The van der Waals surface area contributed by atoms with E-state index in [4.69, 9.17) is 11.6 Å². The molecule has 2 heterocycles. The zero-order chi connectivity index (χ0) is 13.6. The van der Waals surface area contributed by atoms with Crippen molar-refractivity contribution < 1.29 is 0 Å². The average molecular weight is 272 g/mol. The van der Waals surface area contributed by atoms with Gasteiger partial charge in [0.1, 0.15) is 0 Å². The molecule has 19 heavy (non-hydrogen) atoms. The summed E-state index contributed by atoms with van der Waals surface area (Å²) in [6.07, 6.45) is 0. The predicted molar refractivity (Wildman–Crippen MR) is 78.1 cm³/mol. The molecule has 0 radical (unpaired) electrons. The minimum Gasteiger partial charge on any atom is -0.229 e. The molecule has 0 unspecified atom stereocenters. The van der Waals surface area contributed by atoms with Crippen LogP contribution in [0.5, 0.6) is 0 Å². The molecule has 0 atom stereocenters. The van der Waals surface area contributed by atoms with Crippen LogP contribution in [0.25, 0.3) is 16.7 Å². The minimum atomic E-state index is 0.733. The molecule has 3 nitrogen and oxygen atoms in total. The maximum Gasteiger partial charge on any atom is 0.154 e. The lowest BCUT2D eigenvalue weighted by Gasteiger charge is -2.08. The molecule has 0 spiro atoms. The maximum atomic E-state index is 6.03. The van der Waals surface area contributed by atoms with E-state index in [0.29, 0.717) is 0 Å². The standard InChI is InChI=1S/C15H14ClN3/c1-9-6-15(19-11(3)7-10(2)18-19)17-14-5-4-12(16)8-13(9)14/h4-8H,1-3H3. The second-order valence-corrected chi connectivity index (χ2v) is 5.23.